The molecular formula is C26H32O6. The number of hydrogen-bond acceptors (Lipinski definition) is 6. The van der Waals surface area contributed by atoms with Gasteiger partial charge in [-0.1, -0.05) is 37.1 Å². The van der Waals surface area contributed by atoms with Gasteiger partial charge in [-0.25, -0.2) is 9.59 Å². The van der Waals surface area contributed by atoms with Gasteiger partial charge in [-0.15, -0.1) is 0 Å². The summed E-state index contributed by atoms with van der Waals surface area (Å²) in [7, 11) is 0. The molecule has 2 aliphatic carbocycles. The van der Waals surface area contributed by atoms with Crippen molar-refractivity contribution in [1.82, 2.24) is 0 Å². The van der Waals surface area contributed by atoms with Crippen molar-refractivity contribution in [2.24, 2.45) is 0 Å². The van der Waals surface area contributed by atoms with Gasteiger partial charge in [-0.05, 0) is 75.6 Å². The molecule has 2 fully saturated rings. The summed E-state index contributed by atoms with van der Waals surface area (Å²) in [6, 6.07) is 13.0. The lowest BCUT2D eigenvalue weighted by Crippen LogP contribution is -2.20. The molecule has 172 valence electrons. The van der Waals surface area contributed by atoms with Crippen molar-refractivity contribution in [2.45, 2.75) is 76.4 Å². The second kappa shape index (κ2) is 12.1. The van der Waals surface area contributed by atoms with E-state index in [1.165, 1.54) is 25.0 Å². The summed E-state index contributed by atoms with van der Waals surface area (Å²) in [5.74, 6) is -0.846. The monoisotopic (exact) mass is 440 g/mol. The van der Waals surface area contributed by atoms with Gasteiger partial charge in [-0.2, -0.15) is 0 Å². The maximum Gasteiger partial charge on any atom is 0.342 e. The molecule has 2 aliphatic rings. The fourth-order valence-corrected chi connectivity index (χ4v) is 4.09. The minimum Gasteiger partial charge on any atom is -0.507 e. The summed E-state index contributed by atoms with van der Waals surface area (Å²) in [5, 5.41) is 19.0. The predicted octanol–water partition coefficient (Wildman–Crippen LogP) is 5.76. The lowest BCUT2D eigenvalue weighted by Gasteiger charge is -2.21. The Morgan fingerprint density at radius 2 is 0.938 bits per heavy atom. The van der Waals surface area contributed by atoms with Crippen molar-refractivity contribution >= 4 is 11.9 Å². The van der Waals surface area contributed by atoms with Crippen LogP contribution in [0.3, 0.4) is 0 Å². The van der Waals surface area contributed by atoms with Crippen LogP contribution in [0.25, 0.3) is 0 Å². The number of aromatic hydroxyl groups is 2. The van der Waals surface area contributed by atoms with E-state index >= 15 is 0 Å². The molecule has 0 bridgehead atoms. The molecule has 2 saturated carbocycles. The number of phenolic OH excluding ortho intramolecular Hbond substituents is 2. The summed E-state index contributed by atoms with van der Waals surface area (Å²) >= 11 is 0. The van der Waals surface area contributed by atoms with Crippen molar-refractivity contribution in [2.75, 3.05) is 0 Å². The zero-order valence-corrected chi connectivity index (χ0v) is 18.4. The molecule has 0 saturated heterocycles. The molecule has 0 radical (unpaired) electrons. The number of benzene rings is 2. The molecule has 0 spiro atoms. The summed E-state index contributed by atoms with van der Waals surface area (Å²) in [5.41, 5.74) is 0.515. The first kappa shape index (κ1) is 23.6. The first-order chi connectivity index (χ1) is 15.5. The third kappa shape index (κ3) is 7.01. The second-order valence-corrected chi connectivity index (χ2v) is 8.36. The lowest BCUT2D eigenvalue weighted by molar-refractivity contribution is 0.0198. The molecule has 4 rings (SSSR count). The molecule has 0 heterocycles. The van der Waals surface area contributed by atoms with Crippen LogP contribution in [-0.2, 0) is 9.47 Å². The number of hydrogen-bond donors (Lipinski definition) is 2. The van der Waals surface area contributed by atoms with Crippen molar-refractivity contribution in [3.8, 4) is 11.5 Å². The fraction of sp³-hybridized carbons (Fsp3) is 0.462. The van der Waals surface area contributed by atoms with Crippen molar-refractivity contribution < 1.29 is 29.3 Å². The highest BCUT2D eigenvalue weighted by molar-refractivity contribution is 5.92. The van der Waals surface area contributed by atoms with Gasteiger partial charge in [0.15, 0.2) is 0 Å². The Bertz CT molecular complexity index is 808. The summed E-state index contributed by atoms with van der Waals surface area (Å²) in [4.78, 5) is 23.5. The van der Waals surface area contributed by atoms with E-state index in [-0.39, 0.29) is 34.8 Å². The topological polar surface area (TPSA) is 93.1 Å². The van der Waals surface area contributed by atoms with E-state index in [0.29, 0.717) is 0 Å². The van der Waals surface area contributed by atoms with Crippen molar-refractivity contribution in [1.29, 1.82) is 0 Å². The first-order valence-corrected chi connectivity index (χ1v) is 11.5. The minimum absolute atomic E-state index is 0.0108. The normalized spacial score (nSPS) is 17.0. The smallest absolute Gasteiger partial charge is 0.342 e. The van der Waals surface area contributed by atoms with E-state index in [0.717, 1.165) is 51.4 Å². The number of para-hydroxylation sites is 2. The molecule has 0 aromatic heterocycles. The molecule has 0 atom stereocenters. The molecule has 0 aliphatic heterocycles. The molecule has 2 aromatic carbocycles. The van der Waals surface area contributed by atoms with Crippen LogP contribution in [0.4, 0.5) is 0 Å². The number of rotatable bonds is 4. The number of carbonyl (C=O) groups excluding carboxylic acids is 2. The lowest BCUT2D eigenvalue weighted by atomic mass is 9.98. The van der Waals surface area contributed by atoms with Gasteiger partial charge >= 0.3 is 11.9 Å². The van der Waals surface area contributed by atoms with Crippen LogP contribution in [0.1, 0.15) is 84.9 Å². The maximum atomic E-state index is 11.8. The van der Waals surface area contributed by atoms with E-state index in [1.54, 1.807) is 36.4 Å². The van der Waals surface area contributed by atoms with E-state index in [1.807, 2.05) is 0 Å². The second-order valence-electron chi connectivity index (χ2n) is 8.36. The maximum absolute atomic E-state index is 11.8. The first-order valence-electron chi connectivity index (χ1n) is 11.5. The van der Waals surface area contributed by atoms with Crippen LogP contribution >= 0.6 is 0 Å². The molecule has 32 heavy (non-hydrogen) atoms. The summed E-state index contributed by atoms with van der Waals surface area (Å²) in [6.45, 7) is 0. The average Bonchev–Trinajstić information content (AvgIpc) is 2.81. The van der Waals surface area contributed by atoms with Gasteiger partial charge in [-0.3, -0.25) is 0 Å². The van der Waals surface area contributed by atoms with Gasteiger partial charge in [0.25, 0.3) is 0 Å². The van der Waals surface area contributed by atoms with Crippen molar-refractivity contribution in [3.63, 3.8) is 0 Å². The molecule has 2 aromatic rings. The quantitative estimate of drug-likeness (QED) is 0.587. The van der Waals surface area contributed by atoms with Gasteiger partial charge in [0.1, 0.15) is 34.8 Å². The predicted molar refractivity (Wildman–Crippen MR) is 121 cm³/mol. The van der Waals surface area contributed by atoms with E-state index in [4.69, 9.17) is 9.47 Å². The SMILES string of the molecule is O=C(OC1CCCCC1)c1ccccc1O.O=C(OC1CCCCC1)c1ccccc1O. The highest BCUT2D eigenvalue weighted by Crippen LogP contribution is 2.25. The number of ether oxygens (including phenoxy) is 2. The molecule has 0 unspecified atom stereocenters. The fourth-order valence-electron chi connectivity index (χ4n) is 4.09. The molecule has 6 nitrogen and oxygen atoms in total. The molecule has 2 N–H and O–H groups in total. The van der Waals surface area contributed by atoms with Crippen molar-refractivity contribution in [3.05, 3.63) is 59.7 Å². The van der Waals surface area contributed by atoms with E-state index in [2.05, 4.69) is 0 Å². The zero-order valence-electron chi connectivity index (χ0n) is 18.4. The number of phenols is 2. The summed E-state index contributed by atoms with van der Waals surface area (Å²) in [6.07, 6.45) is 10.8. The van der Waals surface area contributed by atoms with Crippen LogP contribution in [0.2, 0.25) is 0 Å². The Kier molecular flexibility index (Phi) is 8.96. The standard InChI is InChI=1S/2C13H16O3/c2*14-12-9-5-4-8-11(12)13(15)16-10-6-2-1-3-7-10/h2*4-5,8-10,14H,1-3,6-7H2. The van der Waals surface area contributed by atoms with Crippen LogP contribution < -0.4 is 0 Å². The van der Waals surface area contributed by atoms with Crippen LogP contribution in [-0.4, -0.2) is 34.4 Å². The Labute approximate surface area is 189 Å². The zero-order chi connectivity index (χ0) is 22.8. The van der Waals surface area contributed by atoms with E-state index in [9.17, 15) is 19.8 Å². The highest BCUT2D eigenvalue weighted by atomic mass is 16.5. The van der Waals surface area contributed by atoms with E-state index < -0.39 is 11.9 Å². The number of carbonyl (C=O) groups is 2. The third-order valence-corrected chi connectivity index (χ3v) is 5.90. The minimum atomic E-state index is -0.412. The van der Waals surface area contributed by atoms with Gasteiger partial charge < -0.3 is 19.7 Å². The van der Waals surface area contributed by atoms with Gasteiger partial charge in [0.05, 0.1) is 0 Å². The summed E-state index contributed by atoms with van der Waals surface area (Å²) < 4.78 is 10.7. The average molecular weight is 441 g/mol. The third-order valence-electron chi connectivity index (χ3n) is 5.90. The Hall–Kier alpha value is -3.02. The number of esters is 2. The largest absolute Gasteiger partial charge is 0.507 e. The Balaban J connectivity index is 0.000000181. The Morgan fingerprint density at radius 3 is 1.28 bits per heavy atom. The highest BCUT2D eigenvalue weighted by Gasteiger charge is 2.21. The van der Waals surface area contributed by atoms with Gasteiger partial charge in [0, 0.05) is 0 Å². The van der Waals surface area contributed by atoms with Crippen LogP contribution in [0.15, 0.2) is 48.5 Å². The molecule has 6 heteroatoms. The Morgan fingerprint density at radius 1 is 0.594 bits per heavy atom. The molecule has 0 amide bonds. The van der Waals surface area contributed by atoms with Gasteiger partial charge in [0.2, 0.25) is 0 Å². The van der Waals surface area contributed by atoms with Crippen LogP contribution in [0, 0.1) is 0 Å². The van der Waals surface area contributed by atoms with Crippen LogP contribution in [0.5, 0.6) is 11.5 Å². The molecular weight excluding hydrogens is 408 g/mol.